The Morgan fingerprint density at radius 3 is 2.44 bits per heavy atom. The third-order valence-corrected chi connectivity index (χ3v) is 7.64. The van der Waals surface area contributed by atoms with Gasteiger partial charge in [0.1, 0.15) is 24.2 Å². The summed E-state index contributed by atoms with van der Waals surface area (Å²) in [7, 11) is -4.33. The number of esters is 2. The van der Waals surface area contributed by atoms with Crippen LogP contribution in [0.25, 0.3) is 0 Å². The van der Waals surface area contributed by atoms with Crippen molar-refractivity contribution < 1.29 is 56.2 Å². The van der Waals surface area contributed by atoms with Crippen LogP contribution in [0, 0.1) is 10.1 Å². The molecule has 3 rings (SSSR count). The molecule has 22 heteroatoms. The smallest absolute Gasteiger partial charge is 0.363 e. The van der Waals surface area contributed by atoms with Crippen molar-refractivity contribution in [1.29, 1.82) is 0 Å². The van der Waals surface area contributed by atoms with Gasteiger partial charge in [-0.05, 0) is 31.5 Å². The van der Waals surface area contributed by atoms with Crippen molar-refractivity contribution in [3.05, 3.63) is 51.0 Å². The minimum atomic E-state index is -5.21. The van der Waals surface area contributed by atoms with Gasteiger partial charge in [0.2, 0.25) is 11.5 Å². The van der Waals surface area contributed by atoms with Crippen molar-refractivity contribution in [2.75, 3.05) is 18.3 Å². The van der Waals surface area contributed by atoms with Gasteiger partial charge in [-0.1, -0.05) is 5.16 Å². The topological polar surface area (TPSA) is 263 Å². The van der Waals surface area contributed by atoms with E-state index in [4.69, 9.17) is 21.2 Å². The van der Waals surface area contributed by atoms with Crippen molar-refractivity contribution in [3.8, 4) is 0 Å². The van der Waals surface area contributed by atoms with E-state index in [2.05, 4.69) is 25.5 Å². The van der Waals surface area contributed by atoms with E-state index >= 15 is 0 Å². The van der Waals surface area contributed by atoms with Gasteiger partial charge in [-0.2, -0.15) is 12.7 Å². The number of amides is 3. The molecular formula is C23H23ClN6O13S2. The number of alkyl halides is 1. The molecule has 1 fully saturated rings. The van der Waals surface area contributed by atoms with Crippen LogP contribution >= 0.6 is 22.9 Å². The Bertz CT molecular complexity index is 1660. The maximum Gasteiger partial charge on any atom is 0.363 e. The van der Waals surface area contributed by atoms with Gasteiger partial charge in [0.25, 0.3) is 17.5 Å². The number of benzene rings is 1. The number of nitro groups is 1. The van der Waals surface area contributed by atoms with Crippen molar-refractivity contribution in [3.63, 3.8) is 0 Å². The first-order chi connectivity index (χ1) is 21.0. The molecule has 0 radical (unpaired) electrons. The number of oxime groups is 1. The van der Waals surface area contributed by atoms with E-state index in [1.807, 2.05) is 0 Å². The van der Waals surface area contributed by atoms with Crippen LogP contribution in [0.1, 0.15) is 25.1 Å². The summed E-state index contributed by atoms with van der Waals surface area (Å²) in [6, 6.07) is 1.36. The van der Waals surface area contributed by atoms with Gasteiger partial charge in [0.05, 0.1) is 12.0 Å². The first kappa shape index (κ1) is 34.8. The monoisotopic (exact) mass is 690 g/mol. The molecule has 3 N–H and O–H groups in total. The molecule has 3 amide bonds. The Kier molecular flexibility index (Phi) is 10.8. The van der Waals surface area contributed by atoms with Gasteiger partial charge in [-0.3, -0.25) is 29.1 Å². The first-order valence-corrected chi connectivity index (χ1v) is 15.0. The van der Waals surface area contributed by atoms with Crippen LogP contribution < -0.4 is 10.6 Å². The van der Waals surface area contributed by atoms with Crippen LogP contribution in [0.2, 0.25) is 0 Å². The van der Waals surface area contributed by atoms with Crippen LogP contribution in [-0.4, -0.2) is 93.2 Å². The number of nitro benzene ring substituents is 1. The molecule has 0 bridgehead atoms. The number of non-ortho nitro benzene ring substituents is 1. The van der Waals surface area contributed by atoms with Crippen molar-refractivity contribution in [2.24, 2.45) is 5.16 Å². The lowest BCUT2D eigenvalue weighted by Gasteiger charge is -2.41. The summed E-state index contributed by atoms with van der Waals surface area (Å²) in [4.78, 5) is 81.9. The second-order valence-electron chi connectivity index (χ2n) is 9.29. The molecule has 1 aromatic heterocycles. The molecule has 0 spiro atoms. The van der Waals surface area contributed by atoms with Crippen molar-refractivity contribution in [1.82, 2.24) is 14.6 Å². The van der Waals surface area contributed by atoms with E-state index in [1.165, 1.54) is 43.5 Å². The standard InChI is InChI=1S/C23H23ClN6O13S2/c1-23(2,21(35)42-9-11-4-6-12(7-5-11)30(36)37)43-28-15(13-10-44-22(25-13)26-14(31)8-24)18(32)27-16-17(20(34)41-3)29(19(16)33)45(38,39)40/h4-7,10,16-17H,8-9H2,1-3H3,(H,27,32)(H,25,26,31)(H,38,39,40)/b28-15+. The zero-order valence-corrected chi connectivity index (χ0v) is 25.7. The Morgan fingerprint density at radius 1 is 1.24 bits per heavy atom. The maximum absolute atomic E-state index is 13.3. The molecule has 2 atom stereocenters. The predicted molar refractivity (Wildman–Crippen MR) is 152 cm³/mol. The summed E-state index contributed by atoms with van der Waals surface area (Å²) in [5, 5.41) is 20.2. The highest BCUT2D eigenvalue weighted by molar-refractivity contribution is 7.84. The van der Waals surface area contributed by atoms with Crippen molar-refractivity contribution in [2.45, 2.75) is 38.1 Å². The molecule has 0 aliphatic carbocycles. The predicted octanol–water partition coefficient (Wildman–Crippen LogP) is 0.143. The SMILES string of the molecule is COC(=O)C1C(NC(=O)/C(=N/OC(C)(C)C(=O)OCc2ccc([N+](=O)[O-])cc2)c2csc(NC(=O)CCl)n2)C(=O)N1S(=O)(=O)O. The highest BCUT2D eigenvalue weighted by Gasteiger charge is 2.58. The number of carbonyl (C=O) groups excluding carboxylic acids is 5. The summed E-state index contributed by atoms with van der Waals surface area (Å²) in [5.74, 6) is -5.97. The molecule has 1 aliphatic heterocycles. The number of aromatic nitrogens is 1. The number of hydrogen-bond donors (Lipinski definition) is 3. The Balaban J connectivity index is 1.85. The number of halogens is 1. The summed E-state index contributed by atoms with van der Waals surface area (Å²) >= 11 is 6.30. The third kappa shape index (κ3) is 8.26. The molecule has 0 saturated carbocycles. The van der Waals surface area contributed by atoms with Gasteiger partial charge < -0.3 is 24.9 Å². The third-order valence-electron chi connectivity index (χ3n) is 5.73. The average molecular weight is 691 g/mol. The second-order valence-corrected chi connectivity index (χ2v) is 11.7. The van der Waals surface area contributed by atoms with Gasteiger partial charge in [-0.15, -0.1) is 22.9 Å². The highest BCUT2D eigenvalue weighted by atomic mass is 35.5. The zero-order valence-electron chi connectivity index (χ0n) is 23.3. The van der Waals surface area contributed by atoms with E-state index in [9.17, 15) is 47.1 Å². The van der Waals surface area contributed by atoms with Crippen LogP contribution in [0.15, 0.2) is 34.8 Å². The normalized spacial score (nSPS) is 16.7. The molecular weight excluding hydrogens is 668 g/mol. The van der Waals surface area contributed by atoms with E-state index in [1.54, 1.807) is 0 Å². The van der Waals surface area contributed by atoms with Crippen LogP contribution in [0.4, 0.5) is 10.8 Å². The number of hydrogen-bond acceptors (Lipinski definition) is 15. The molecule has 2 unspecified atom stereocenters. The van der Waals surface area contributed by atoms with Gasteiger partial charge in [0, 0.05) is 17.5 Å². The van der Waals surface area contributed by atoms with Gasteiger partial charge in [0.15, 0.2) is 16.9 Å². The number of anilines is 1. The maximum atomic E-state index is 13.3. The Hall–Kier alpha value is -4.73. The fraction of sp³-hybridized carbons (Fsp3) is 0.348. The number of rotatable bonds is 13. The molecule has 242 valence electrons. The molecule has 1 aromatic carbocycles. The first-order valence-electron chi connectivity index (χ1n) is 12.2. The van der Waals surface area contributed by atoms with E-state index in [-0.39, 0.29) is 27.4 Å². The van der Waals surface area contributed by atoms with Crippen molar-refractivity contribution >= 4 is 79.4 Å². The summed E-state index contributed by atoms with van der Waals surface area (Å²) < 4.78 is 42.0. The Morgan fingerprint density at radius 2 is 1.89 bits per heavy atom. The lowest BCUT2D eigenvalue weighted by molar-refractivity contribution is -0.384. The molecule has 19 nitrogen and oxygen atoms in total. The molecule has 2 aromatic rings. The van der Waals surface area contributed by atoms with E-state index in [0.717, 1.165) is 18.4 Å². The fourth-order valence-corrected chi connectivity index (χ4v) is 5.07. The fourth-order valence-electron chi connectivity index (χ4n) is 3.45. The number of β-lactam (4-membered cyclic amide) rings is 1. The molecule has 2 heterocycles. The van der Waals surface area contributed by atoms with Crippen LogP contribution in [0.3, 0.4) is 0 Å². The van der Waals surface area contributed by atoms with Gasteiger partial charge in [-0.25, -0.2) is 14.6 Å². The van der Waals surface area contributed by atoms with E-state index < -0.39 is 74.2 Å². The number of carbonyl (C=O) groups is 5. The largest absolute Gasteiger partial charge is 0.467 e. The number of nitrogens with zero attached hydrogens (tertiary/aromatic N) is 4. The Labute approximate surface area is 262 Å². The minimum absolute atomic E-state index is 0.0392. The minimum Gasteiger partial charge on any atom is -0.467 e. The lowest BCUT2D eigenvalue weighted by Crippen LogP contribution is -2.74. The van der Waals surface area contributed by atoms with Crippen LogP contribution in [0.5, 0.6) is 0 Å². The summed E-state index contributed by atoms with van der Waals surface area (Å²) in [5.41, 5.74) is -2.60. The second kappa shape index (κ2) is 13.9. The quantitative estimate of drug-likeness (QED) is 0.0480. The number of ether oxygens (including phenoxy) is 2. The molecule has 1 saturated heterocycles. The summed E-state index contributed by atoms with van der Waals surface area (Å²) in [6.45, 7) is 2.15. The number of thiazole rings is 1. The highest BCUT2D eigenvalue weighted by Crippen LogP contribution is 2.25. The molecule has 45 heavy (non-hydrogen) atoms. The van der Waals surface area contributed by atoms with Gasteiger partial charge >= 0.3 is 22.2 Å². The lowest BCUT2D eigenvalue weighted by atomic mass is 9.98. The number of methoxy groups -OCH3 is 1. The van der Waals surface area contributed by atoms with E-state index in [0.29, 0.717) is 5.56 Å². The zero-order chi connectivity index (χ0) is 33.7. The number of nitrogens with one attached hydrogen (secondary N) is 2. The molecule has 1 aliphatic rings. The average Bonchev–Trinajstić information content (AvgIpc) is 3.43. The summed E-state index contributed by atoms with van der Waals surface area (Å²) in [6.07, 6.45) is 0. The van der Waals surface area contributed by atoms with Crippen LogP contribution in [-0.2, 0) is 55.2 Å².